The van der Waals surface area contributed by atoms with E-state index in [9.17, 15) is 27.6 Å². The first-order valence-electron chi connectivity index (χ1n) is 10.6. The zero-order chi connectivity index (χ0) is 23.6. The zero-order valence-electron chi connectivity index (χ0n) is 17.7. The summed E-state index contributed by atoms with van der Waals surface area (Å²) in [6.07, 6.45) is -5.08. The molecule has 2 aromatic carbocycles. The molecule has 2 aliphatic rings. The molecule has 1 aliphatic carbocycles. The summed E-state index contributed by atoms with van der Waals surface area (Å²) in [6.45, 7) is 0.792. The van der Waals surface area contributed by atoms with Crippen molar-refractivity contribution in [3.8, 4) is 0 Å². The molecule has 1 aliphatic heterocycles. The Balaban J connectivity index is 1.18. The van der Waals surface area contributed by atoms with Crippen LogP contribution in [-0.2, 0) is 33.5 Å². The smallest absolute Gasteiger partial charge is 0.416 e. The number of hydrogen-bond donors (Lipinski definition) is 1. The van der Waals surface area contributed by atoms with Gasteiger partial charge in [0.25, 0.3) is 0 Å². The van der Waals surface area contributed by atoms with Crippen molar-refractivity contribution in [3.63, 3.8) is 0 Å². The van der Waals surface area contributed by atoms with Crippen molar-refractivity contribution in [2.75, 3.05) is 19.6 Å². The van der Waals surface area contributed by atoms with Gasteiger partial charge in [0.15, 0.2) is 5.78 Å². The van der Waals surface area contributed by atoms with Crippen LogP contribution in [0.15, 0.2) is 54.6 Å². The number of ketones is 1. The summed E-state index contributed by atoms with van der Waals surface area (Å²) < 4.78 is 43.7. The predicted octanol–water partition coefficient (Wildman–Crippen LogP) is 3.45. The first kappa shape index (κ1) is 22.8. The number of nitrogens with zero attached hydrogens (tertiary/aromatic N) is 1. The minimum absolute atomic E-state index is 0.0350. The third-order valence-corrected chi connectivity index (χ3v) is 6.08. The molecule has 2 aromatic rings. The van der Waals surface area contributed by atoms with Gasteiger partial charge in [-0.2, -0.15) is 13.2 Å². The number of benzene rings is 2. The molecule has 4 rings (SSSR count). The average Bonchev–Trinajstić information content (AvgIpc) is 3.29. The molecular formula is C24H23F3N2O4. The summed E-state index contributed by atoms with van der Waals surface area (Å²) in [4.78, 5) is 38.3. The Bertz CT molecular complexity index is 1030. The zero-order valence-corrected chi connectivity index (χ0v) is 17.7. The van der Waals surface area contributed by atoms with Crippen molar-refractivity contribution in [1.82, 2.24) is 10.2 Å². The number of carbonyl (C=O) groups is 3. The van der Waals surface area contributed by atoms with Crippen LogP contribution in [0, 0.1) is 17.8 Å². The molecule has 9 heteroatoms. The van der Waals surface area contributed by atoms with Crippen LogP contribution in [0.4, 0.5) is 18.0 Å². The number of ether oxygens (including phenoxy) is 1. The van der Waals surface area contributed by atoms with E-state index < -0.39 is 17.8 Å². The molecule has 0 radical (unpaired) electrons. The van der Waals surface area contributed by atoms with E-state index in [-0.39, 0.29) is 54.6 Å². The van der Waals surface area contributed by atoms with E-state index in [1.807, 2.05) is 30.3 Å². The minimum atomic E-state index is -4.47. The van der Waals surface area contributed by atoms with Gasteiger partial charge < -0.3 is 15.0 Å². The van der Waals surface area contributed by atoms with E-state index in [0.717, 1.165) is 17.7 Å². The third kappa shape index (κ3) is 5.53. The number of likely N-dealkylation sites (tertiary alicyclic amines) is 1. The lowest BCUT2D eigenvalue weighted by molar-refractivity contribution is -0.137. The number of carbonyl (C=O) groups excluding carboxylic acids is 3. The maximum atomic E-state index is 12.8. The topological polar surface area (TPSA) is 75.7 Å². The number of hydrogen-bond acceptors (Lipinski definition) is 4. The molecule has 2 fully saturated rings. The highest BCUT2D eigenvalue weighted by Gasteiger charge is 2.60. The van der Waals surface area contributed by atoms with Crippen molar-refractivity contribution >= 4 is 17.8 Å². The van der Waals surface area contributed by atoms with E-state index >= 15 is 0 Å². The number of Topliss-reactive ketones (excluding diaryl/α,β-unsaturated/α-hetero) is 1. The van der Waals surface area contributed by atoms with Crippen molar-refractivity contribution in [2.45, 2.75) is 19.2 Å². The SMILES string of the molecule is O=C(CNC(=O)C1[C@H]2CN(C(=O)OCc3ccccc3)C[C@@H]12)Cc1cccc(C(F)(F)F)c1. The summed E-state index contributed by atoms with van der Waals surface area (Å²) in [5.41, 5.74) is 0.328. The van der Waals surface area contributed by atoms with Crippen molar-refractivity contribution < 1.29 is 32.3 Å². The monoisotopic (exact) mass is 460 g/mol. The fourth-order valence-corrected chi connectivity index (χ4v) is 4.33. The molecular weight excluding hydrogens is 437 g/mol. The highest BCUT2D eigenvalue weighted by atomic mass is 19.4. The highest BCUT2D eigenvalue weighted by Crippen LogP contribution is 2.51. The molecule has 6 nitrogen and oxygen atoms in total. The van der Waals surface area contributed by atoms with Crippen LogP contribution in [0.1, 0.15) is 16.7 Å². The number of fused-ring (bicyclic) bond motifs is 1. The molecule has 1 unspecified atom stereocenters. The lowest BCUT2D eigenvalue weighted by Crippen LogP contribution is -2.37. The molecule has 33 heavy (non-hydrogen) atoms. The van der Waals surface area contributed by atoms with Crippen LogP contribution < -0.4 is 5.32 Å². The van der Waals surface area contributed by atoms with E-state index in [0.29, 0.717) is 13.1 Å². The summed E-state index contributed by atoms with van der Waals surface area (Å²) in [6, 6.07) is 13.9. The first-order chi connectivity index (χ1) is 15.7. The lowest BCUT2D eigenvalue weighted by atomic mass is 10.1. The summed E-state index contributed by atoms with van der Waals surface area (Å²) in [5, 5.41) is 2.58. The van der Waals surface area contributed by atoms with E-state index in [2.05, 4.69) is 5.32 Å². The van der Waals surface area contributed by atoms with Gasteiger partial charge in [-0.1, -0.05) is 48.5 Å². The second-order valence-electron chi connectivity index (χ2n) is 8.43. The van der Waals surface area contributed by atoms with Gasteiger partial charge in [0.05, 0.1) is 12.1 Å². The number of rotatable bonds is 7. The van der Waals surface area contributed by atoms with Crippen LogP contribution in [0.2, 0.25) is 0 Å². The number of nitrogens with one attached hydrogen (secondary N) is 1. The van der Waals surface area contributed by atoms with Gasteiger partial charge in [0.1, 0.15) is 6.61 Å². The van der Waals surface area contributed by atoms with Gasteiger partial charge in [-0.15, -0.1) is 0 Å². The average molecular weight is 460 g/mol. The Morgan fingerprint density at radius 3 is 2.30 bits per heavy atom. The van der Waals surface area contributed by atoms with E-state index in [1.54, 1.807) is 4.90 Å². The maximum Gasteiger partial charge on any atom is 0.416 e. The van der Waals surface area contributed by atoms with Gasteiger partial charge in [-0.3, -0.25) is 9.59 Å². The fraction of sp³-hybridized carbons (Fsp3) is 0.375. The largest absolute Gasteiger partial charge is 0.445 e. The molecule has 174 valence electrons. The van der Waals surface area contributed by atoms with Crippen LogP contribution >= 0.6 is 0 Å². The number of alkyl halides is 3. The van der Waals surface area contributed by atoms with Gasteiger partial charge >= 0.3 is 12.3 Å². The van der Waals surface area contributed by atoms with E-state index in [4.69, 9.17) is 4.74 Å². The van der Waals surface area contributed by atoms with E-state index in [1.165, 1.54) is 12.1 Å². The van der Waals surface area contributed by atoms with Gasteiger partial charge in [0, 0.05) is 25.4 Å². The Labute approximate surface area is 188 Å². The van der Waals surface area contributed by atoms with Gasteiger partial charge in [-0.05, 0) is 29.0 Å². The maximum absolute atomic E-state index is 12.8. The Morgan fingerprint density at radius 2 is 1.64 bits per heavy atom. The van der Waals surface area contributed by atoms with Crippen LogP contribution in [-0.4, -0.2) is 42.3 Å². The van der Waals surface area contributed by atoms with Gasteiger partial charge in [0.2, 0.25) is 5.91 Å². The quantitative estimate of drug-likeness (QED) is 0.687. The van der Waals surface area contributed by atoms with Crippen molar-refractivity contribution in [2.24, 2.45) is 17.8 Å². The number of amides is 2. The molecule has 2 amide bonds. The molecule has 1 heterocycles. The molecule has 0 bridgehead atoms. The molecule has 1 N–H and O–H groups in total. The highest BCUT2D eigenvalue weighted by molar-refractivity contribution is 5.89. The normalized spacial score (nSPS) is 21.3. The lowest BCUT2D eigenvalue weighted by Gasteiger charge is -2.19. The summed E-state index contributed by atoms with van der Waals surface area (Å²) in [5.74, 6) is -0.829. The van der Waals surface area contributed by atoms with Crippen LogP contribution in [0.25, 0.3) is 0 Å². The second-order valence-corrected chi connectivity index (χ2v) is 8.43. The molecule has 0 spiro atoms. The van der Waals surface area contributed by atoms with Crippen molar-refractivity contribution in [1.29, 1.82) is 0 Å². The molecule has 0 aromatic heterocycles. The Morgan fingerprint density at radius 1 is 0.970 bits per heavy atom. The predicted molar refractivity (Wildman–Crippen MR) is 112 cm³/mol. The Kier molecular flexibility index (Phi) is 6.40. The first-order valence-corrected chi connectivity index (χ1v) is 10.6. The fourth-order valence-electron chi connectivity index (χ4n) is 4.33. The van der Waals surface area contributed by atoms with Gasteiger partial charge in [-0.25, -0.2) is 4.79 Å². The number of halogens is 3. The summed E-state index contributed by atoms with van der Waals surface area (Å²) >= 11 is 0. The van der Waals surface area contributed by atoms with Crippen LogP contribution in [0.5, 0.6) is 0 Å². The Hall–Kier alpha value is -3.36. The summed E-state index contributed by atoms with van der Waals surface area (Å²) in [7, 11) is 0. The van der Waals surface area contributed by atoms with Crippen LogP contribution in [0.3, 0.4) is 0 Å². The number of piperidine rings is 1. The second kappa shape index (κ2) is 9.25. The molecule has 1 saturated carbocycles. The standard InChI is InChI=1S/C24H23F3N2O4/c25-24(26,27)17-8-4-7-16(9-17)10-18(30)11-28-22(31)21-19-12-29(13-20(19)21)23(32)33-14-15-5-2-1-3-6-15/h1-9,19-21H,10-14H2,(H,28,31)/t19-,20+,21?. The third-order valence-electron chi connectivity index (χ3n) is 6.08. The minimum Gasteiger partial charge on any atom is -0.445 e. The molecule has 3 atom stereocenters. The molecule has 1 saturated heterocycles. The van der Waals surface area contributed by atoms with Crippen molar-refractivity contribution in [3.05, 3.63) is 71.3 Å².